The average Bonchev–Trinajstić information content (AvgIpc) is 2.36. The van der Waals surface area contributed by atoms with Gasteiger partial charge < -0.3 is 10.1 Å². The van der Waals surface area contributed by atoms with Gasteiger partial charge in [0.2, 0.25) is 0 Å². The van der Waals surface area contributed by atoms with Gasteiger partial charge in [-0.25, -0.2) is 0 Å². The number of rotatable bonds is 7. The number of ether oxygens (including phenoxy) is 1. The lowest BCUT2D eigenvalue weighted by atomic mass is 10.1. The highest BCUT2D eigenvalue weighted by molar-refractivity contribution is 5.34. The molecule has 0 bridgehead atoms. The van der Waals surface area contributed by atoms with Crippen LogP contribution in [-0.4, -0.2) is 19.7 Å². The maximum absolute atomic E-state index is 5.85. The summed E-state index contributed by atoms with van der Waals surface area (Å²) in [4.78, 5) is 0. The third kappa shape index (κ3) is 4.39. The fraction of sp³-hybridized carbons (Fsp3) is 0.600. The standard InChI is InChI=1S/C15H25NO/c1-5-7-14(16-4)11-17-15-9-8-12(3)13(6-2)10-15/h8-10,14,16H,5-7,11H2,1-4H3/t14-/m0/s1. The second kappa shape index (κ2) is 7.33. The topological polar surface area (TPSA) is 21.3 Å². The van der Waals surface area contributed by atoms with Gasteiger partial charge in [0.05, 0.1) is 0 Å². The molecule has 0 radical (unpaired) electrons. The highest BCUT2D eigenvalue weighted by atomic mass is 16.5. The Labute approximate surface area is 105 Å². The summed E-state index contributed by atoms with van der Waals surface area (Å²) in [6.07, 6.45) is 3.40. The van der Waals surface area contributed by atoms with Gasteiger partial charge in [-0.15, -0.1) is 0 Å². The number of aryl methyl sites for hydroxylation is 2. The molecule has 2 heteroatoms. The van der Waals surface area contributed by atoms with E-state index in [1.807, 2.05) is 7.05 Å². The molecule has 1 aromatic rings. The molecule has 0 unspecified atom stereocenters. The van der Waals surface area contributed by atoms with Crippen molar-refractivity contribution < 1.29 is 4.74 Å². The minimum absolute atomic E-state index is 0.450. The van der Waals surface area contributed by atoms with E-state index in [-0.39, 0.29) is 0 Å². The molecule has 0 spiro atoms. The highest BCUT2D eigenvalue weighted by Crippen LogP contribution is 2.18. The van der Waals surface area contributed by atoms with Crippen LogP contribution in [0.2, 0.25) is 0 Å². The van der Waals surface area contributed by atoms with E-state index in [4.69, 9.17) is 4.74 Å². The van der Waals surface area contributed by atoms with E-state index >= 15 is 0 Å². The fourth-order valence-electron chi connectivity index (χ4n) is 1.97. The van der Waals surface area contributed by atoms with Gasteiger partial charge in [0.25, 0.3) is 0 Å². The van der Waals surface area contributed by atoms with Crippen LogP contribution in [0.5, 0.6) is 5.75 Å². The van der Waals surface area contributed by atoms with Gasteiger partial charge in [-0.3, -0.25) is 0 Å². The zero-order chi connectivity index (χ0) is 12.7. The summed E-state index contributed by atoms with van der Waals surface area (Å²) in [5.74, 6) is 0.990. The third-order valence-electron chi connectivity index (χ3n) is 3.20. The summed E-state index contributed by atoms with van der Waals surface area (Å²) in [5.41, 5.74) is 2.72. The van der Waals surface area contributed by atoms with Crippen molar-refractivity contribution >= 4 is 0 Å². The summed E-state index contributed by atoms with van der Waals surface area (Å²) in [6.45, 7) is 7.28. The summed E-state index contributed by atoms with van der Waals surface area (Å²) in [6, 6.07) is 6.81. The molecule has 0 amide bonds. The second-order valence-corrected chi connectivity index (χ2v) is 4.53. The van der Waals surface area contributed by atoms with Crippen molar-refractivity contribution in [1.82, 2.24) is 5.32 Å². The van der Waals surface area contributed by atoms with E-state index in [2.05, 4.69) is 44.3 Å². The number of nitrogens with one attached hydrogen (secondary N) is 1. The van der Waals surface area contributed by atoms with Crippen molar-refractivity contribution in [3.63, 3.8) is 0 Å². The Balaban J connectivity index is 2.56. The lowest BCUT2D eigenvalue weighted by Crippen LogP contribution is -2.31. The van der Waals surface area contributed by atoms with Crippen LogP contribution in [0.25, 0.3) is 0 Å². The number of benzene rings is 1. The molecule has 0 saturated heterocycles. The zero-order valence-electron chi connectivity index (χ0n) is 11.5. The molecule has 0 fully saturated rings. The molecule has 0 aliphatic carbocycles. The Hall–Kier alpha value is -1.02. The van der Waals surface area contributed by atoms with Gasteiger partial charge in [-0.1, -0.05) is 26.3 Å². The average molecular weight is 235 g/mol. The smallest absolute Gasteiger partial charge is 0.119 e. The Bertz CT molecular complexity index is 336. The monoisotopic (exact) mass is 235 g/mol. The van der Waals surface area contributed by atoms with Crippen molar-refractivity contribution in [2.75, 3.05) is 13.7 Å². The molecule has 1 atom stereocenters. The first-order valence-electron chi connectivity index (χ1n) is 6.60. The maximum Gasteiger partial charge on any atom is 0.119 e. The minimum atomic E-state index is 0.450. The van der Waals surface area contributed by atoms with Crippen molar-refractivity contribution in [1.29, 1.82) is 0 Å². The molecule has 2 nitrogen and oxygen atoms in total. The SMILES string of the molecule is CCC[C@@H](COc1ccc(C)c(CC)c1)NC. The first kappa shape index (κ1) is 14.0. The van der Waals surface area contributed by atoms with E-state index in [0.29, 0.717) is 6.04 Å². The molecule has 1 N–H and O–H groups in total. The van der Waals surface area contributed by atoms with E-state index < -0.39 is 0 Å². The van der Waals surface area contributed by atoms with E-state index in [0.717, 1.165) is 25.2 Å². The summed E-state index contributed by atoms with van der Waals surface area (Å²) >= 11 is 0. The first-order chi connectivity index (χ1) is 8.21. The number of likely N-dealkylation sites (N-methyl/N-ethyl adjacent to an activating group) is 1. The molecule has 0 heterocycles. The lowest BCUT2D eigenvalue weighted by molar-refractivity contribution is 0.262. The normalized spacial score (nSPS) is 12.5. The Kier molecular flexibility index (Phi) is 6.06. The first-order valence-corrected chi connectivity index (χ1v) is 6.60. The van der Waals surface area contributed by atoms with Gasteiger partial charge in [-0.2, -0.15) is 0 Å². The fourth-order valence-corrected chi connectivity index (χ4v) is 1.97. The minimum Gasteiger partial charge on any atom is -0.492 e. The van der Waals surface area contributed by atoms with E-state index in [1.54, 1.807) is 0 Å². The number of hydrogen-bond donors (Lipinski definition) is 1. The van der Waals surface area contributed by atoms with E-state index in [9.17, 15) is 0 Å². The molecule has 0 aliphatic rings. The summed E-state index contributed by atoms with van der Waals surface area (Å²) in [7, 11) is 2.00. The molecule has 0 aliphatic heterocycles. The molecular formula is C15H25NO. The van der Waals surface area contributed by atoms with E-state index in [1.165, 1.54) is 17.5 Å². The zero-order valence-corrected chi connectivity index (χ0v) is 11.5. The molecular weight excluding hydrogens is 210 g/mol. The van der Waals surface area contributed by atoms with Crippen molar-refractivity contribution in [2.45, 2.75) is 46.1 Å². The van der Waals surface area contributed by atoms with Crippen LogP contribution in [0.1, 0.15) is 37.8 Å². The van der Waals surface area contributed by atoms with Crippen molar-refractivity contribution in [3.05, 3.63) is 29.3 Å². The largest absolute Gasteiger partial charge is 0.492 e. The van der Waals surface area contributed by atoms with Crippen LogP contribution in [0, 0.1) is 6.92 Å². The van der Waals surface area contributed by atoms with Gasteiger partial charge in [0.15, 0.2) is 0 Å². The molecule has 0 aromatic heterocycles. The van der Waals surface area contributed by atoms with Crippen LogP contribution >= 0.6 is 0 Å². The summed E-state index contributed by atoms with van der Waals surface area (Å²) in [5, 5.41) is 3.29. The van der Waals surface area contributed by atoms with Crippen LogP contribution in [-0.2, 0) is 6.42 Å². The molecule has 17 heavy (non-hydrogen) atoms. The molecule has 1 rings (SSSR count). The van der Waals surface area contributed by atoms with Gasteiger partial charge in [0.1, 0.15) is 12.4 Å². The van der Waals surface area contributed by atoms with Crippen molar-refractivity contribution in [3.8, 4) is 5.75 Å². The maximum atomic E-state index is 5.85. The van der Waals surface area contributed by atoms with Gasteiger partial charge in [0, 0.05) is 6.04 Å². The molecule has 0 saturated carbocycles. The number of hydrogen-bond acceptors (Lipinski definition) is 2. The van der Waals surface area contributed by atoms with Crippen molar-refractivity contribution in [2.24, 2.45) is 0 Å². The highest BCUT2D eigenvalue weighted by Gasteiger charge is 2.06. The second-order valence-electron chi connectivity index (χ2n) is 4.53. The van der Waals surface area contributed by atoms with Crippen LogP contribution in [0.3, 0.4) is 0 Å². The Morgan fingerprint density at radius 1 is 1.29 bits per heavy atom. The molecule has 1 aromatic carbocycles. The third-order valence-corrected chi connectivity index (χ3v) is 3.20. The van der Waals surface area contributed by atoms with Gasteiger partial charge in [-0.05, 0) is 50.1 Å². The Morgan fingerprint density at radius 2 is 2.06 bits per heavy atom. The van der Waals surface area contributed by atoms with Crippen LogP contribution in [0.4, 0.5) is 0 Å². The van der Waals surface area contributed by atoms with Gasteiger partial charge >= 0.3 is 0 Å². The quantitative estimate of drug-likeness (QED) is 0.782. The predicted octanol–water partition coefficient (Wildman–Crippen LogP) is 3.32. The van der Waals surface area contributed by atoms with Crippen LogP contribution < -0.4 is 10.1 Å². The molecule has 96 valence electrons. The summed E-state index contributed by atoms with van der Waals surface area (Å²) < 4.78 is 5.85. The lowest BCUT2D eigenvalue weighted by Gasteiger charge is -2.17. The Morgan fingerprint density at radius 3 is 2.65 bits per heavy atom. The predicted molar refractivity (Wildman–Crippen MR) is 73.8 cm³/mol. The van der Waals surface area contributed by atoms with Crippen LogP contribution in [0.15, 0.2) is 18.2 Å².